The number of hydrogen-bond acceptors (Lipinski definition) is 5. The van der Waals surface area contributed by atoms with Crippen LogP contribution in [0.25, 0.3) is 0 Å². The van der Waals surface area contributed by atoms with E-state index in [4.69, 9.17) is 5.73 Å². The summed E-state index contributed by atoms with van der Waals surface area (Å²) in [6, 6.07) is 4.46. The number of carbonyl (C=O) groups excluding carboxylic acids is 2. The SMILES string of the molecule is NC(=O)c1ccc(SCC(=O)N2CCCC3CCCCC32)c([N+](=O)[O-])c1. The van der Waals surface area contributed by atoms with Crippen molar-refractivity contribution in [2.24, 2.45) is 11.7 Å². The summed E-state index contributed by atoms with van der Waals surface area (Å²) in [6.45, 7) is 0.781. The molecule has 1 saturated heterocycles. The van der Waals surface area contributed by atoms with Crippen LogP contribution in [0.5, 0.6) is 0 Å². The molecule has 2 amide bonds. The highest BCUT2D eigenvalue weighted by Crippen LogP contribution is 2.36. The van der Waals surface area contributed by atoms with Crippen molar-refractivity contribution in [3.8, 4) is 0 Å². The molecule has 0 radical (unpaired) electrons. The Balaban J connectivity index is 1.69. The summed E-state index contributed by atoms with van der Waals surface area (Å²) in [6.07, 6.45) is 6.90. The van der Waals surface area contributed by atoms with Crippen LogP contribution in [0, 0.1) is 16.0 Å². The largest absolute Gasteiger partial charge is 0.366 e. The Morgan fingerprint density at radius 3 is 2.69 bits per heavy atom. The topological polar surface area (TPSA) is 107 Å². The average Bonchev–Trinajstić information content (AvgIpc) is 2.65. The number of fused-ring (bicyclic) bond motifs is 1. The molecule has 2 N–H and O–H groups in total. The molecule has 7 nitrogen and oxygen atoms in total. The number of nitro benzene ring substituents is 1. The first-order valence-electron chi connectivity index (χ1n) is 8.98. The number of benzene rings is 1. The van der Waals surface area contributed by atoms with Crippen molar-refractivity contribution in [1.82, 2.24) is 4.90 Å². The second kappa shape index (κ2) is 8.07. The van der Waals surface area contributed by atoms with Gasteiger partial charge in [0.15, 0.2) is 0 Å². The van der Waals surface area contributed by atoms with Crippen molar-refractivity contribution < 1.29 is 14.5 Å². The van der Waals surface area contributed by atoms with E-state index >= 15 is 0 Å². The lowest BCUT2D eigenvalue weighted by molar-refractivity contribution is -0.387. The number of thioether (sulfide) groups is 1. The molecule has 1 aliphatic carbocycles. The Morgan fingerprint density at radius 2 is 1.96 bits per heavy atom. The predicted molar refractivity (Wildman–Crippen MR) is 99.0 cm³/mol. The van der Waals surface area contributed by atoms with Gasteiger partial charge in [0.1, 0.15) is 0 Å². The van der Waals surface area contributed by atoms with E-state index in [0.717, 1.165) is 37.6 Å². The van der Waals surface area contributed by atoms with Crippen molar-refractivity contribution in [2.45, 2.75) is 49.5 Å². The molecule has 26 heavy (non-hydrogen) atoms. The number of likely N-dealkylation sites (tertiary alicyclic amines) is 1. The summed E-state index contributed by atoms with van der Waals surface area (Å²) in [5, 5.41) is 11.3. The van der Waals surface area contributed by atoms with Crippen molar-refractivity contribution in [1.29, 1.82) is 0 Å². The highest BCUT2D eigenvalue weighted by Gasteiger charge is 2.35. The van der Waals surface area contributed by atoms with Gasteiger partial charge in [0.2, 0.25) is 11.8 Å². The Kier molecular flexibility index (Phi) is 5.80. The zero-order valence-corrected chi connectivity index (χ0v) is 15.4. The van der Waals surface area contributed by atoms with E-state index in [-0.39, 0.29) is 22.9 Å². The Bertz CT molecular complexity index is 722. The predicted octanol–water partition coefficient (Wildman–Crippen LogP) is 2.97. The molecule has 8 heteroatoms. The molecule has 0 bridgehead atoms. The lowest BCUT2D eigenvalue weighted by atomic mass is 9.78. The third-order valence-corrected chi connectivity index (χ3v) is 6.40. The number of nitrogens with two attached hydrogens (primary N) is 1. The normalized spacial score (nSPS) is 22.5. The van der Waals surface area contributed by atoms with Gasteiger partial charge in [0.05, 0.1) is 15.6 Å². The Morgan fingerprint density at radius 1 is 1.23 bits per heavy atom. The Hall–Kier alpha value is -2.09. The van der Waals surface area contributed by atoms with Crippen LogP contribution in [0.1, 0.15) is 48.9 Å². The van der Waals surface area contributed by atoms with Crippen LogP contribution in [0.4, 0.5) is 5.69 Å². The fourth-order valence-electron chi connectivity index (χ4n) is 4.09. The number of nitrogens with zero attached hydrogens (tertiary/aromatic N) is 2. The van der Waals surface area contributed by atoms with Crippen LogP contribution in [0.15, 0.2) is 23.1 Å². The van der Waals surface area contributed by atoms with Gasteiger partial charge in [-0.25, -0.2) is 0 Å². The minimum atomic E-state index is -0.711. The number of piperidine rings is 1. The molecular formula is C18H23N3O4S. The summed E-state index contributed by atoms with van der Waals surface area (Å²) in [5.41, 5.74) is 5.09. The highest BCUT2D eigenvalue weighted by atomic mass is 32.2. The molecule has 1 saturated carbocycles. The van der Waals surface area contributed by atoms with E-state index < -0.39 is 10.8 Å². The molecule has 1 heterocycles. The van der Waals surface area contributed by atoms with Gasteiger partial charge in [-0.15, -0.1) is 11.8 Å². The van der Waals surface area contributed by atoms with Crippen molar-refractivity contribution in [2.75, 3.05) is 12.3 Å². The quantitative estimate of drug-likeness (QED) is 0.482. The summed E-state index contributed by atoms with van der Waals surface area (Å²) in [4.78, 5) is 37.1. The van der Waals surface area contributed by atoms with Crippen LogP contribution in [-0.4, -0.2) is 40.0 Å². The molecule has 1 aromatic rings. The van der Waals surface area contributed by atoms with Crippen LogP contribution >= 0.6 is 11.8 Å². The van der Waals surface area contributed by atoms with Gasteiger partial charge >= 0.3 is 0 Å². The summed E-state index contributed by atoms with van der Waals surface area (Å²) >= 11 is 1.15. The number of amides is 2. The maximum absolute atomic E-state index is 12.7. The third-order valence-electron chi connectivity index (χ3n) is 5.35. The second-order valence-corrected chi connectivity index (χ2v) is 7.95. The fourth-order valence-corrected chi connectivity index (χ4v) is 4.98. The molecule has 2 unspecified atom stereocenters. The van der Waals surface area contributed by atoms with Crippen molar-refractivity contribution in [3.63, 3.8) is 0 Å². The van der Waals surface area contributed by atoms with Gasteiger partial charge < -0.3 is 10.6 Å². The van der Waals surface area contributed by atoms with Gasteiger partial charge in [0.25, 0.3) is 5.69 Å². The zero-order chi connectivity index (χ0) is 18.7. The number of rotatable bonds is 5. The van der Waals surface area contributed by atoms with Crippen LogP contribution in [0.2, 0.25) is 0 Å². The van der Waals surface area contributed by atoms with Crippen LogP contribution < -0.4 is 5.73 Å². The van der Waals surface area contributed by atoms with Crippen LogP contribution in [0.3, 0.4) is 0 Å². The van der Waals surface area contributed by atoms with E-state index in [1.807, 2.05) is 4.90 Å². The first kappa shape index (κ1) is 18.7. The lowest BCUT2D eigenvalue weighted by Gasteiger charge is -2.44. The Labute approximate surface area is 156 Å². The van der Waals surface area contributed by atoms with E-state index in [2.05, 4.69) is 0 Å². The standard InChI is InChI=1S/C18H23N3O4S/c19-18(23)13-7-8-16(15(10-13)21(24)25)26-11-17(22)20-9-3-5-12-4-1-2-6-14(12)20/h7-8,10,12,14H,1-6,9,11H2,(H2,19,23). The molecule has 2 fully saturated rings. The summed E-state index contributed by atoms with van der Waals surface area (Å²) in [5.74, 6) is 0.105. The molecule has 0 aromatic heterocycles. The number of nitro groups is 1. The minimum absolute atomic E-state index is 0.0416. The zero-order valence-electron chi connectivity index (χ0n) is 14.6. The number of carbonyl (C=O) groups is 2. The molecule has 3 rings (SSSR count). The van der Waals surface area contributed by atoms with Crippen molar-refractivity contribution in [3.05, 3.63) is 33.9 Å². The maximum atomic E-state index is 12.7. The molecule has 2 aliphatic rings. The molecular weight excluding hydrogens is 354 g/mol. The monoisotopic (exact) mass is 377 g/mol. The van der Waals surface area contributed by atoms with Gasteiger partial charge in [-0.2, -0.15) is 0 Å². The maximum Gasteiger partial charge on any atom is 0.283 e. The smallest absolute Gasteiger partial charge is 0.283 e. The van der Waals surface area contributed by atoms with E-state index in [1.165, 1.54) is 37.5 Å². The van der Waals surface area contributed by atoms with Gasteiger partial charge in [-0.3, -0.25) is 19.7 Å². The number of hydrogen-bond donors (Lipinski definition) is 1. The van der Waals surface area contributed by atoms with E-state index in [0.29, 0.717) is 16.9 Å². The summed E-state index contributed by atoms with van der Waals surface area (Å²) in [7, 11) is 0. The lowest BCUT2D eigenvalue weighted by Crippen LogP contribution is -2.50. The highest BCUT2D eigenvalue weighted by molar-refractivity contribution is 8.00. The molecule has 2 atom stereocenters. The fraction of sp³-hybridized carbons (Fsp3) is 0.556. The van der Waals surface area contributed by atoms with Gasteiger partial charge in [0, 0.05) is 24.2 Å². The summed E-state index contributed by atoms with van der Waals surface area (Å²) < 4.78 is 0. The third kappa shape index (κ3) is 4.00. The minimum Gasteiger partial charge on any atom is -0.366 e. The first-order chi connectivity index (χ1) is 12.5. The molecule has 1 aromatic carbocycles. The number of primary amides is 1. The molecule has 140 valence electrons. The van der Waals surface area contributed by atoms with Gasteiger partial charge in [-0.05, 0) is 43.7 Å². The molecule has 1 aliphatic heterocycles. The average molecular weight is 377 g/mol. The van der Waals surface area contributed by atoms with Gasteiger partial charge in [-0.1, -0.05) is 12.8 Å². The van der Waals surface area contributed by atoms with Crippen LogP contribution in [-0.2, 0) is 4.79 Å². The van der Waals surface area contributed by atoms with E-state index in [9.17, 15) is 19.7 Å². The van der Waals surface area contributed by atoms with Crippen molar-refractivity contribution >= 4 is 29.3 Å². The molecule has 0 spiro atoms. The van der Waals surface area contributed by atoms with E-state index in [1.54, 1.807) is 0 Å². The second-order valence-electron chi connectivity index (χ2n) is 6.93. The first-order valence-corrected chi connectivity index (χ1v) is 9.96.